The van der Waals surface area contributed by atoms with Crippen LogP contribution in [0.4, 0.5) is 0 Å². The molecule has 0 radical (unpaired) electrons. The maximum absolute atomic E-state index is 13.7. The Kier molecular flexibility index (Phi) is 9.63. The number of benzene rings is 2. The van der Waals surface area contributed by atoms with Crippen molar-refractivity contribution in [2.24, 2.45) is 11.7 Å². The van der Waals surface area contributed by atoms with E-state index in [0.29, 0.717) is 12.2 Å². The molecule has 2 aliphatic rings. The average Bonchev–Trinajstić information content (AvgIpc) is 3.63. The molecule has 1 aliphatic heterocycles. The number of rotatable bonds is 13. The van der Waals surface area contributed by atoms with Crippen LogP contribution in [0.2, 0.25) is 0 Å². The lowest BCUT2D eigenvalue weighted by Gasteiger charge is -2.46. The van der Waals surface area contributed by atoms with Gasteiger partial charge in [0, 0.05) is 13.0 Å². The van der Waals surface area contributed by atoms with Crippen LogP contribution < -0.4 is 16.4 Å². The smallest absolute Gasteiger partial charge is 0.332 e. The molecule has 0 spiro atoms. The van der Waals surface area contributed by atoms with Crippen molar-refractivity contribution in [1.29, 1.82) is 0 Å². The van der Waals surface area contributed by atoms with Gasteiger partial charge in [-0.2, -0.15) is 11.8 Å². The first-order valence-electron chi connectivity index (χ1n) is 13.6. The van der Waals surface area contributed by atoms with Crippen LogP contribution in [0.1, 0.15) is 50.5 Å². The largest absolute Gasteiger partial charge is 0.480 e. The molecule has 1 heterocycles. The molecule has 9 nitrogen and oxygen atoms in total. The summed E-state index contributed by atoms with van der Waals surface area (Å²) in [6.45, 7) is -0.303. The second-order valence-corrected chi connectivity index (χ2v) is 11.4. The van der Waals surface area contributed by atoms with Crippen molar-refractivity contribution >= 4 is 46.1 Å². The molecule has 10 heteroatoms. The van der Waals surface area contributed by atoms with Gasteiger partial charge in [-0.3, -0.25) is 19.3 Å². The zero-order valence-corrected chi connectivity index (χ0v) is 23.2. The van der Waals surface area contributed by atoms with Crippen molar-refractivity contribution in [3.8, 4) is 0 Å². The molecule has 2 aromatic rings. The fourth-order valence-electron chi connectivity index (χ4n) is 6.08. The first-order chi connectivity index (χ1) is 18.8. The van der Waals surface area contributed by atoms with Gasteiger partial charge in [-0.15, -0.1) is 0 Å². The standard InChI is InChI=1S/C29H38N4O5S/c1-39-16-15-29(28(37)38,24(34)17-30)33(18-21-11-6-10-19-7-4-5-12-22(19)21)26(20-8-2-3-9-20)32-27(36)23-13-14-25(35)31-23/h4-7,10-12,20,23,26H,2-3,8-9,13-18,30H2,1H3,(H,31,35)(H,32,36)(H,37,38). The molecule has 39 heavy (non-hydrogen) atoms. The zero-order chi connectivity index (χ0) is 28.0. The zero-order valence-electron chi connectivity index (χ0n) is 22.4. The Bertz CT molecular complexity index is 1210. The summed E-state index contributed by atoms with van der Waals surface area (Å²) in [6, 6.07) is 13.0. The van der Waals surface area contributed by atoms with Gasteiger partial charge in [-0.25, -0.2) is 4.79 Å². The maximum atomic E-state index is 13.7. The molecule has 2 fully saturated rings. The second-order valence-electron chi connectivity index (χ2n) is 10.5. The van der Waals surface area contributed by atoms with Crippen LogP contribution in [0.3, 0.4) is 0 Å². The molecule has 0 bridgehead atoms. The van der Waals surface area contributed by atoms with E-state index in [1.165, 1.54) is 11.8 Å². The van der Waals surface area contributed by atoms with Gasteiger partial charge in [0.2, 0.25) is 11.8 Å². The SMILES string of the molecule is CSCCC(C(=O)O)(C(=O)CN)N(Cc1cccc2ccccc12)C(NC(=O)C1CCC(=O)N1)C1CCCC1. The molecule has 3 atom stereocenters. The summed E-state index contributed by atoms with van der Waals surface area (Å²) in [5, 5.41) is 18.6. The topological polar surface area (TPSA) is 142 Å². The van der Waals surface area contributed by atoms with Crippen molar-refractivity contribution < 1.29 is 24.3 Å². The Morgan fingerprint density at radius 3 is 2.51 bits per heavy atom. The number of Topliss-reactive ketones (excluding diaryl/α,β-unsaturated/α-hetero) is 1. The van der Waals surface area contributed by atoms with Gasteiger partial charge in [0.05, 0.1) is 12.7 Å². The van der Waals surface area contributed by atoms with Crippen LogP contribution in [-0.2, 0) is 25.7 Å². The Labute approximate surface area is 233 Å². The summed E-state index contributed by atoms with van der Waals surface area (Å²) in [7, 11) is 0. The minimum absolute atomic E-state index is 0.0452. The Morgan fingerprint density at radius 1 is 1.15 bits per heavy atom. The molecule has 1 saturated carbocycles. The highest BCUT2D eigenvalue weighted by molar-refractivity contribution is 7.98. The second kappa shape index (κ2) is 12.9. The van der Waals surface area contributed by atoms with E-state index in [4.69, 9.17) is 5.73 Å². The summed E-state index contributed by atoms with van der Waals surface area (Å²) >= 11 is 1.46. The quantitative estimate of drug-likeness (QED) is 0.219. The van der Waals surface area contributed by atoms with Crippen molar-refractivity contribution in [3.05, 3.63) is 48.0 Å². The number of ketones is 1. The van der Waals surface area contributed by atoms with Crippen LogP contribution in [-0.4, -0.2) is 69.9 Å². The van der Waals surface area contributed by atoms with E-state index in [1.807, 2.05) is 48.7 Å². The van der Waals surface area contributed by atoms with E-state index in [9.17, 15) is 24.3 Å². The lowest BCUT2D eigenvalue weighted by molar-refractivity contribution is -0.164. The number of hydrogen-bond donors (Lipinski definition) is 4. The van der Waals surface area contributed by atoms with Crippen LogP contribution in [0.15, 0.2) is 42.5 Å². The predicted octanol–water partition coefficient (Wildman–Crippen LogP) is 2.66. The first-order valence-corrected chi connectivity index (χ1v) is 15.0. The molecule has 5 N–H and O–H groups in total. The van der Waals surface area contributed by atoms with Crippen molar-refractivity contribution in [3.63, 3.8) is 0 Å². The molecule has 1 saturated heterocycles. The summed E-state index contributed by atoms with van der Waals surface area (Å²) in [6.07, 6.45) is 5.33. The van der Waals surface area contributed by atoms with Gasteiger partial charge in [0.1, 0.15) is 6.04 Å². The van der Waals surface area contributed by atoms with Crippen molar-refractivity contribution in [2.45, 2.75) is 69.2 Å². The van der Waals surface area contributed by atoms with E-state index in [2.05, 4.69) is 10.6 Å². The minimum Gasteiger partial charge on any atom is -0.480 e. The Morgan fingerprint density at radius 2 is 1.87 bits per heavy atom. The number of carboxylic acid groups (broad SMARTS) is 1. The van der Waals surface area contributed by atoms with Gasteiger partial charge in [0.15, 0.2) is 11.3 Å². The summed E-state index contributed by atoms with van der Waals surface area (Å²) < 4.78 is 0. The van der Waals surface area contributed by atoms with Gasteiger partial charge >= 0.3 is 5.97 Å². The number of nitrogens with zero attached hydrogens (tertiary/aromatic N) is 1. The molecule has 0 aromatic heterocycles. The third-order valence-corrected chi connectivity index (χ3v) is 8.78. The summed E-state index contributed by atoms with van der Waals surface area (Å²) in [5.41, 5.74) is 4.80. The fraction of sp³-hybridized carbons (Fsp3) is 0.517. The number of carboxylic acids is 1. The third-order valence-electron chi connectivity index (χ3n) is 8.16. The predicted molar refractivity (Wildman–Crippen MR) is 152 cm³/mol. The molecule has 2 aromatic carbocycles. The van der Waals surface area contributed by atoms with Gasteiger partial charge in [-0.1, -0.05) is 55.3 Å². The molecule has 2 amide bonds. The number of fused-ring (bicyclic) bond motifs is 1. The van der Waals surface area contributed by atoms with Crippen LogP contribution in [0.5, 0.6) is 0 Å². The lowest BCUT2D eigenvalue weighted by Crippen LogP contribution is -2.69. The number of thioether (sulfide) groups is 1. The number of hydrogen-bond acceptors (Lipinski definition) is 7. The molecular weight excluding hydrogens is 516 g/mol. The summed E-state index contributed by atoms with van der Waals surface area (Å²) in [4.78, 5) is 53.9. The summed E-state index contributed by atoms with van der Waals surface area (Å²) in [5.74, 6) is -2.02. The number of carbonyl (C=O) groups is 4. The maximum Gasteiger partial charge on any atom is 0.332 e. The Hall–Kier alpha value is -2.95. The third kappa shape index (κ3) is 6.13. The van der Waals surface area contributed by atoms with E-state index in [-0.39, 0.29) is 37.1 Å². The first kappa shape index (κ1) is 29.0. The van der Waals surface area contributed by atoms with Gasteiger partial charge in [0.25, 0.3) is 0 Å². The molecular formula is C29H38N4O5S. The number of nitrogens with one attached hydrogen (secondary N) is 2. The molecule has 3 unspecified atom stereocenters. The molecule has 210 valence electrons. The Balaban J connectivity index is 1.86. The average molecular weight is 555 g/mol. The van der Waals surface area contributed by atoms with E-state index in [1.54, 1.807) is 4.90 Å². The van der Waals surface area contributed by atoms with E-state index in [0.717, 1.165) is 42.0 Å². The van der Waals surface area contributed by atoms with E-state index < -0.39 is 36.0 Å². The highest BCUT2D eigenvalue weighted by Crippen LogP contribution is 2.37. The number of carbonyl (C=O) groups excluding carboxylic acids is 3. The number of nitrogens with two attached hydrogens (primary N) is 1. The number of amides is 2. The molecule has 1 aliphatic carbocycles. The highest BCUT2D eigenvalue weighted by atomic mass is 32.2. The monoisotopic (exact) mass is 554 g/mol. The highest BCUT2D eigenvalue weighted by Gasteiger charge is 2.54. The normalized spacial score (nSPS) is 20.1. The van der Waals surface area contributed by atoms with Crippen LogP contribution in [0, 0.1) is 5.92 Å². The van der Waals surface area contributed by atoms with Crippen LogP contribution in [0.25, 0.3) is 10.8 Å². The lowest BCUT2D eigenvalue weighted by atomic mass is 9.84. The van der Waals surface area contributed by atoms with Crippen LogP contribution >= 0.6 is 11.8 Å². The van der Waals surface area contributed by atoms with Gasteiger partial charge < -0.3 is 21.5 Å². The number of aliphatic carboxylic acids is 1. The fourth-order valence-corrected chi connectivity index (χ4v) is 6.58. The van der Waals surface area contributed by atoms with E-state index >= 15 is 0 Å². The van der Waals surface area contributed by atoms with Crippen molar-refractivity contribution in [1.82, 2.24) is 15.5 Å². The van der Waals surface area contributed by atoms with Gasteiger partial charge in [-0.05, 0) is 59.9 Å². The minimum atomic E-state index is -1.94. The molecule has 4 rings (SSSR count). The van der Waals surface area contributed by atoms with Crippen molar-refractivity contribution in [2.75, 3.05) is 18.6 Å².